The molecule has 0 aromatic rings. The second kappa shape index (κ2) is 23.2. The van der Waals surface area contributed by atoms with Crippen molar-refractivity contribution in [2.24, 2.45) is 0 Å². The minimum absolute atomic E-state index is 0. The maximum absolute atomic E-state index is 5.05. The van der Waals surface area contributed by atoms with Crippen molar-refractivity contribution in [1.29, 1.82) is 0 Å². The first kappa shape index (κ1) is 47.8. The monoisotopic (exact) mass is 716 g/mol. The van der Waals surface area contributed by atoms with Gasteiger partial charge in [-0.1, -0.05) is 0 Å². The zero-order valence-electron chi connectivity index (χ0n) is 9.11. The number of rotatable bonds is 0. The van der Waals surface area contributed by atoms with Crippen molar-refractivity contribution < 1.29 is 43.7 Å². The molecule has 0 aromatic heterocycles. The largest absolute Gasteiger partial charge is 0.358 e. The van der Waals surface area contributed by atoms with Crippen molar-refractivity contribution in [3.05, 3.63) is 29.7 Å². The normalized spacial score (nSPS) is 6.00. The summed E-state index contributed by atoms with van der Waals surface area (Å²) in [6.07, 6.45) is 0. The minimum Gasteiger partial charge on any atom is -0.358 e. The molecule has 0 fully saturated rings. The maximum Gasteiger partial charge on any atom is 0 e. The third kappa shape index (κ3) is 56.8. The smallest absolute Gasteiger partial charge is 0 e. The van der Waals surface area contributed by atoms with E-state index in [1.54, 1.807) is 0 Å². The summed E-state index contributed by atoms with van der Waals surface area (Å²) in [5.41, 5.74) is 0.0910. The molecule has 0 aliphatic heterocycles. The van der Waals surface area contributed by atoms with Gasteiger partial charge in [-0.05, 0) is 0 Å². The SMILES string of the molecule is CC(C)(C)[O][Bi].[CH3-].[CH3-].[CH3-].[CH3-].[Re].[Re]. The van der Waals surface area contributed by atoms with Crippen LogP contribution in [0.3, 0.4) is 0 Å². The summed E-state index contributed by atoms with van der Waals surface area (Å²) in [6.45, 7) is 6.15. The van der Waals surface area contributed by atoms with Crippen molar-refractivity contribution in [3.63, 3.8) is 0 Å². The van der Waals surface area contributed by atoms with Crippen LogP contribution in [0.5, 0.6) is 0 Å². The Kier molecular flexibility index (Phi) is 92.4. The van der Waals surface area contributed by atoms with E-state index in [1.165, 1.54) is 0 Å². The molecule has 4 radical (unpaired) electrons. The van der Waals surface area contributed by atoms with E-state index < -0.39 is 0 Å². The van der Waals surface area contributed by atoms with Crippen LogP contribution in [-0.4, -0.2) is 30.8 Å². The van der Waals surface area contributed by atoms with E-state index in [1.807, 2.05) is 20.8 Å². The molecule has 0 saturated carbocycles. The summed E-state index contributed by atoms with van der Waals surface area (Å²) in [6, 6.07) is 0. The van der Waals surface area contributed by atoms with Gasteiger partial charge in [0.15, 0.2) is 0 Å². The Balaban J connectivity index is -0.00000000833. The van der Waals surface area contributed by atoms with Gasteiger partial charge in [0.25, 0.3) is 0 Å². The van der Waals surface area contributed by atoms with Crippen molar-refractivity contribution in [3.8, 4) is 0 Å². The van der Waals surface area contributed by atoms with E-state index >= 15 is 0 Å². The van der Waals surface area contributed by atoms with Crippen LogP contribution in [0.4, 0.5) is 0 Å². The van der Waals surface area contributed by atoms with Crippen LogP contribution in [0, 0.1) is 29.7 Å². The molecule has 0 heterocycles. The van der Waals surface area contributed by atoms with E-state index in [2.05, 4.69) is 0 Å². The van der Waals surface area contributed by atoms with E-state index in [4.69, 9.17) is 2.81 Å². The van der Waals surface area contributed by atoms with E-state index in [0.717, 1.165) is 25.2 Å². The molecule has 0 spiro atoms. The predicted molar refractivity (Wildman–Crippen MR) is 52.2 cm³/mol. The molecule has 82 valence electrons. The maximum atomic E-state index is 5.05. The molecule has 1 nitrogen and oxygen atoms in total. The standard InChI is InChI=1S/C4H9O.4CH3.Bi.2Re/c1-4(2,3)5;;;;;;;/h1-3H3;4*1H3;;;/q5*-1;+1;;. The van der Waals surface area contributed by atoms with E-state index in [0.29, 0.717) is 0 Å². The molecule has 0 rings (SSSR count). The zero-order chi connectivity index (χ0) is 5.21. The topological polar surface area (TPSA) is 9.23 Å². The zero-order valence-corrected chi connectivity index (χ0v) is 18.0. The Labute approximate surface area is 124 Å². The van der Waals surface area contributed by atoms with Crippen LogP contribution < -0.4 is 0 Å². The van der Waals surface area contributed by atoms with E-state index in [-0.39, 0.29) is 76.2 Å². The minimum atomic E-state index is 0. The summed E-state index contributed by atoms with van der Waals surface area (Å²) in [7, 11) is 0. The third-order valence-corrected chi connectivity index (χ3v) is 2.40. The first-order chi connectivity index (χ1) is 2.56. The number of hydrogen-bond donors (Lipinski definition) is 0. The summed E-state index contributed by atoms with van der Waals surface area (Å²) < 4.78 is 5.05. The van der Waals surface area contributed by atoms with Gasteiger partial charge in [0.2, 0.25) is 0 Å². The fraction of sp³-hybridized carbons (Fsp3) is 0.500. The molecular weight excluding hydrogens is 693 g/mol. The molecule has 0 aromatic carbocycles. The van der Waals surface area contributed by atoms with Crippen LogP contribution in [0.2, 0.25) is 0 Å². The average molecular weight is 715 g/mol. The molecule has 0 aliphatic rings. The quantitative estimate of drug-likeness (QED) is 0.278. The molecular formula is C8H21BiORe2-4. The van der Waals surface area contributed by atoms with Gasteiger partial charge in [0, 0.05) is 40.8 Å². The molecule has 0 amide bonds. The second-order valence-corrected chi connectivity index (χ2v) is 2.91. The van der Waals surface area contributed by atoms with Gasteiger partial charge in [-0.25, -0.2) is 0 Å². The van der Waals surface area contributed by atoms with E-state index in [9.17, 15) is 0 Å². The van der Waals surface area contributed by atoms with Crippen molar-refractivity contribution >= 4 is 25.2 Å². The Morgan fingerprint density at radius 3 is 0.917 bits per heavy atom. The van der Waals surface area contributed by atoms with Gasteiger partial charge in [-0.15, -0.1) is 0 Å². The first-order valence-corrected chi connectivity index (χ1v) is 3.31. The van der Waals surface area contributed by atoms with Crippen molar-refractivity contribution in [1.82, 2.24) is 0 Å². The van der Waals surface area contributed by atoms with Crippen LogP contribution in [0.1, 0.15) is 20.8 Å². The Bertz CT molecular complexity index is 46.8. The van der Waals surface area contributed by atoms with Crippen LogP contribution >= 0.6 is 0 Å². The molecule has 0 N–H and O–H groups in total. The summed E-state index contributed by atoms with van der Waals surface area (Å²) in [5.74, 6) is 0. The van der Waals surface area contributed by atoms with Crippen LogP contribution in [0.25, 0.3) is 0 Å². The van der Waals surface area contributed by atoms with Crippen molar-refractivity contribution in [2.75, 3.05) is 0 Å². The Morgan fingerprint density at radius 2 is 0.917 bits per heavy atom. The van der Waals surface area contributed by atoms with Gasteiger partial charge < -0.3 is 29.7 Å². The first-order valence-electron chi connectivity index (χ1n) is 1.89. The van der Waals surface area contributed by atoms with Gasteiger partial charge in [-0.3, -0.25) is 0 Å². The summed E-state index contributed by atoms with van der Waals surface area (Å²) in [5, 5.41) is 0. The average Bonchev–Trinajstić information content (AvgIpc) is 1.35. The van der Waals surface area contributed by atoms with Gasteiger partial charge in [-0.2, -0.15) is 0 Å². The third-order valence-electron chi connectivity index (χ3n) is 0.274. The second-order valence-electron chi connectivity index (χ2n) is 2.20. The molecule has 0 unspecified atom stereocenters. The predicted octanol–water partition coefficient (Wildman–Crippen LogP) is 2.68. The van der Waals surface area contributed by atoms with Crippen LogP contribution in [-0.2, 0) is 43.7 Å². The molecule has 0 aliphatic carbocycles. The summed E-state index contributed by atoms with van der Waals surface area (Å²) in [4.78, 5) is 0. The molecule has 0 bridgehead atoms. The van der Waals surface area contributed by atoms with Gasteiger partial charge in [0.1, 0.15) is 0 Å². The Morgan fingerprint density at radius 1 is 0.833 bits per heavy atom. The van der Waals surface area contributed by atoms with Crippen molar-refractivity contribution in [2.45, 2.75) is 26.4 Å². The fourth-order valence-electron chi connectivity index (χ4n) is 0. The van der Waals surface area contributed by atoms with Gasteiger partial charge in [0.05, 0.1) is 0 Å². The number of hydrogen-bond acceptors (Lipinski definition) is 1. The molecule has 12 heavy (non-hydrogen) atoms. The summed E-state index contributed by atoms with van der Waals surface area (Å²) >= 11 is 1.02. The fourth-order valence-corrected chi connectivity index (χ4v) is 0. The van der Waals surface area contributed by atoms with Gasteiger partial charge >= 0.3 is 54.3 Å². The molecule has 4 heteroatoms. The molecule has 0 atom stereocenters. The Hall–Kier alpha value is 2.17. The molecule has 0 saturated heterocycles. The van der Waals surface area contributed by atoms with Crippen LogP contribution in [0.15, 0.2) is 0 Å².